The van der Waals surface area contributed by atoms with Crippen molar-refractivity contribution in [2.45, 2.75) is 152 Å². The number of aromatic hydroxyl groups is 3. The van der Waals surface area contributed by atoms with E-state index in [1.165, 1.54) is 112 Å². The summed E-state index contributed by atoms with van der Waals surface area (Å²) in [4.78, 5) is 221. The lowest BCUT2D eigenvalue weighted by atomic mass is 10.0. The van der Waals surface area contributed by atoms with Crippen LogP contribution >= 0.6 is 33.3 Å². The van der Waals surface area contributed by atoms with E-state index in [9.17, 15) is 97.5 Å². The van der Waals surface area contributed by atoms with Gasteiger partial charge in [0.25, 0.3) is 0 Å². The van der Waals surface area contributed by atoms with Gasteiger partial charge in [0.15, 0.2) is 5.78 Å². The average molecular weight is 1600 g/mol. The molecule has 1 fully saturated rings. The van der Waals surface area contributed by atoms with Crippen molar-refractivity contribution in [1.82, 2.24) is 69.1 Å². The molecule has 0 bridgehead atoms. The van der Waals surface area contributed by atoms with Crippen LogP contribution < -0.4 is 74.9 Å². The Kier molecular flexibility index (Phi) is 37.0. The van der Waals surface area contributed by atoms with Crippen LogP contribution in [-0.2, 0) is 102 Å². The fourth-order valence-corrected chi connectivity index (χ4v) is 13.4. The molecule has 1 aliphatic rings. The van der Waals surface area contributed by atoms with Gasteiger partial charge in [0.2, 0.25) is 76.8 Å². The summed E-state index contributed by atoms with van der Waals surface area (Å²) in [7, 11) is 1.55. The molecule has 0 radical (unpaired) electrons. The Morgan fingerprint density at radius 3 is 1.68 bits per heavy atom. The zero-order valence-corrected chi connectivity index (χ0v) is 63.6. The maximum atomic E-state index is 15.1. The van der Waals surface area contributed by atoms with Crippen LogP contribution in [-0.4, -0.2) is 229 Å². The molecule has 1 saturated heterocycles. The fourth-order valence-electron chi connectivity index (χ4n) is 10.6. The number of hydrogen-bond donors (Lipinski definition) is 19. The maximum Gasteiger partial charge on any atom is 0.305 e. The van der Waals surface area contributed by atoms with E-state index in [2.05, 4.69) is 75.0 Å². The van der Waals surface area contributed by atoms with Gasteiger partial charge in [-0.2, -0.15) is 11.8 Å². The molecule has 598 valence electrons. The van der Waals surface area contributed by atoms with Gasteiger partial charge < -0.3 is 100 Å². The number of rotatable bonds is 32. The summed E-state index contributed by atoms with van der Waals surface area (Å²) >= 11 is 1.21. The Hall–Kier alpha value is -11.4. The molecule has 111 heavy (non-hydrogen) atoms. The van der Waals surface area contributed by atoms with Gasteiger partial charge in [0.05, 0.1) is 38.0 Å². The number of carboxylic acid groups (broad SMARTS) is 2. The van der Waals surface area contributed by atoms with Crippen molar-refractivity contribution in [1.29, 1.82) is 0 Å². The lowest BCUT2D eigenvalue weighted by Gasteiger charge is -2.28. The number of carboxylic acids is 2. The number of hydrogen-bond acceptors (Lipinski definition) is 23. The van der Waals surface area contributed by atoms with Gasteiger partial charge in [-0.1, -0.05) is 102 Å². The van der Waals surface area contributed by atoms with Crippen molar-refractivity contribution in [3.05, 3.63) is 125 Å². The zero-order valence-electron chi connectivity index (χ0n) is 61.2. The van der Waals surface area contributed by atoms with Crippen molar-refractivity contribution < 1.29 is 102 Å². The Balaban J connectivity index is 1.54. The molecule has 5 rings (SSSR count). The summed E-state index contributed by atoms with van der Waals surface area (Å²) in [5, 5.41) is 82.1. The highest BCUT2D eigenvalue weighted by atomic mass is 33.1. The third kappa shape index (κ3) is 31.6. The topological polar surface area (TPSA) is 557 Å². The largest absolute Gasteiger partial charge is 0.508 e. The standard InChI is InChI=1S/C73H92N14O21S3/c1-7-11-49(40(5)88)78-58(92)35-76-73(108)62(38(2)3)87-70(105)55(33-61(96)97)84-66(101)50(26-27-109-6)80-69(104)53(31-44-18-24-47(91)25-19-44)82-71(106)56-36-110-111-37-57(86-64(99)48(74)28-42-14-20-45(89)21-15-42)72(107)83-54(32-60(94)95)65(100)75-34-59(93)79-51(29-41-12-9-8-10-13-41)68(103)81-52(30-43-16-22-46(90)23-17-43)67(102)77-39(4)63(98)85-56/h1,8-10,12-25,38-39,48-57,62,89-91H,11,26-37,74H2,2-6H3,(H,75,100)(H,76,108)(H,77,102)(H,78,92)(H,79,93)(H,80,104)(H,81,103)(H,82,106)(H,83,107)(H,84,101)(H,85,98)(H,86,99)(H,87,105)(H,94,95)(H,96,97)/t39-,48-,49-,50-,51-,52+,53-,54-,55-,56-,57-,62-/m0/s1. The Bertz CT molecular complexity index is 4010. The molecular formula is C73H92N14O21S3. The number of nitrogens with one attached hydrogen (secondary N) is 13. The summed E-state index contributed by atoms with van der Waals surface area (Å²) in [6, 6.07) is 5.39. The number of nitrogens with two attached hydrogens (primary N) is 1. The summed E-state index contributed by atoms with van der Waals surface area (Å²) in [6.07, 6.45) is 3.38. The van der Waals surface area contributed by atoms with E-state index < -0.39 is 217 Å². The van der Waals surface area contributed by atoms with Gasteiger partial charge in [-0.25, -0.2) is 0 Å². The molecule has 0 saturated carbocycles. The SMILES string of the molecule is C#CC[C@H](NC(=O)CNC(=O)[C@@H](NC(=O)[C@H](CC(=O)O)NC(=O)[C@H](CCSC)NC(=O)[C@H](Cc1ccc(O)cc1)NC(=O)[C@@H]1CSSC[C@H](NC(=O)[C@@H](N)Cc2ccc(O)cc2)C(=O)N[C@@H](CC(=O)O)C(=O)NCC(=O)N[C@@H](Cc2ccccc2)C(=O)N[C@H](Cc2ccc(O)cc2)C(=O)N[C@@H](C)C(=O)N1)C(C)C)C(C)=O. The molecule has 4 aromatic carbocycles. The number of carbonyl (C=O) groups is 16. The third-order valence-electron chi connectivity index (χ3n) is 16.8. The van der Waals surface area contributed by atoms with Gasteiger partial charge in [0, 0.05) is 37.2 Å². The van der Waals surface area contributed by atoms with Crippen molar-refractivity contribution in [2.75, 3.05) is 36.6 Å². The molecule has 38 heteroatoms. The lowest BCUT2D eigenvalue weighted by molar-refractivity contribution is -0.142. The van der Waals surface area contributed by atoms with Crippen LogP contribution in [0.4, 0.5) is 0 Å². The van der Waals surface area contributed by atoms with Crippen LogP contribution in [0.3, 0.4) is 0 Å². The number of amides is 13. The first-order valence-electron chi connectivity index (χ1n) is 34.7. The van der Waals surface area contributed by atoms with Gasteiger partial charge in [-0.15, -0.1) is 12.3 Å². The highest BCUT2D eigenvalue weighted by Crippen LogP contribution is 2.25. The maximum absolute atomic E-state index is 15.1. The van der Waals surface area contributed by atoms with E-state index in [0.717, 1.165) is 21.6 Å². The van der Waals surface area contributed by atoms with E-state index in [4.69, 9.17) is 12.2 Å². The summed E-state index contributed by atoms with van der Waals surface area (Å²) in [5.74, 6) is -17.0. The molecule has 1 heterocycles. The highest BCUT2D eigenvalue weighted by molar-refractivity contribution is 8.76. The number of Topliss-reactive ketones (excluding diaryl/α,β-unsaturated/α-hetero) is 1. The number of ketones is 1. The first-order chi connectivity index (χ1) is 52.6. The minimum atomic E-state index is -1.95. The Morgan fingerprint density at radius 2 is 1.11 bits per heavy atom. The van der Waals surface area contributed by atoms with E-state index in [1.54, 1.807) is 36.6 Å². The second kappa shape index (κ2) is 45.5. The first kappa shape index (κ1) is 90.2. The van der Waals surface area contributed by atoms with Crippen molar-refractivity contribution in [2.24, 2.45) is 11.7 Å². The normalized spacial score (nSPS) is 19.2. The number of phenolic OH excluding ortho intramolecular Hbond substituents is 3. The van der Waals surface area contributed by atoms with Crippen molar-refractivity contribution in [3.63, 3.8) is 0 Å². The number of benzene rings is 4. The summed E-state index contributed by atoms with van der Waals surface area (Å²) in [6.45, 7) is 3.86. The second-order valence-corrected chi connectivity index (χ2v) is 29.6. The molecule has 0 aromatic heterocycles. The van der Waals surface area contributed by atoms with Crippen LogP contribution in [0.5, 0.6) is 17.2 Å². The summed E-state index contributed by atoms with van der Waals surface area (Å²) < 4.78 is 0. The van der Waals surface area contributed by atoms with E-state index in [-0.39, 0.29) is 60.7 Å². The predicted octanol–water partition coefficient (Wildman–Crippen LogP) is -2.65. The minimum Gasteiger partial charge on any atom is -0.508 e. The zero-order chi connectivity index (χ0) is 82.0. The number of thioether (sulfide) groups is 1. The van der Waals surface area contributed by atoms with Crippen LogP contribution in [0.25, 0.3) is 0 Å². The van der Waals surface area contributed by atoms with E-state index >= 15 is 4.79 Å². The van der Waals surface area contributed by atoms with E-state index in [0.29, 0.717) is 16.7 Å². The minimum absolute atomic E-state index is 0.0924. The van der Waals surface area contributed by atoms with Gasteiger partial charge in [-0.3, -0.25) is 76.7 Å². The van der Waals surface area contributed by atoms with Crippen molar-refractivity contribution in [3.8, 4) is 29.6 Å². The molecule has 4 aromatic rings. The van der Waals surface area contributed by atoms with Crippen molar-refractivity contribution >= 4 is 128 Å². The van der Waals surface area contributed by atoms with Gasteiger partial charge in [-0.05, 0) is 103 Å². The molecule has 35 nitrogen and oxygen atoms in total. The quantitative estimate of drug-likeness (QED) is 0.0175. The highest BCUT2D eigenvalue weighted by Gasteiger charge is 2.38. The van der Waals surface area contributed by atoms with E-state index in [1.807, 2.05) is 0 Å². The Morgan fingerprint density at radius 1 is 0.577 bits per heavy atom. The molecule has 13 amide bonds. The molecule has 0 aliphatic carbocycles. The number of aliphatic carboxylic acids is 2. The molecular weight excluding hydrogens is 1510 g/mol. The van der Waals surface area contributed by atoms with Crippen LogP contribution in [0.1, 0.15) is 75.6 Å². The molecule has 0 unspecified atom stereocenters. The third-order valence-corrected chi connectivity index (χ3v) is 19.8. The smallest absolute Gasteiger partial charge is 0.305 e. The predicted molar refractivity (Wildman–Crippen MR) is 408 cm³/mol. The monoisotopic (exact) mass is 1600 g/mol. The lowest BCUT2D eigenvalue weighted by Crippen LogP contribution is -2.61. The van der Waals surface area contributed by atoms with Crippen LogP contribution in [0.15, 0.2) is 103 Å². The van der Waals surface area contributed by atoms with Crippen LogP contribution in [0.2, 0.25) is 0 Å². The summed E-state index contributed by atoms with van der Waals surface area (Å²) in [5.41, 5.74) is 7.95. The second-order valence-electron chi connectivity index (χ2n) is 26.0. The average Bonchev–Trinajstić information content (AvgIpc) is 1.02. The van der Waals surface area contributed by atoms with Crippen LogP contribution in [0, 0.1) is 18.3 Å². The number of phenols is 3. The molecule has 20 N–H and O–H groups in total. The molecule has 12 atom stereocenters. The molecule has 1 aliphatic heterocycles. The number of carbonyl (C=O) groups excluding carboxylic acids is 14. The fraction of sp³-hybridized carbons (Fsp3) is 0.425. The number of terminal acetylenes is 1. The van der Waals surface area contributed by atoms with Gasteiger partial charge in [0.1, 0.15) is 77.7 Å². The first-order valence-corrected chi connectivity index (χ1v) is 38.6. The van der Waals surface area contributed by atoms with Gasteiger partial charge >= 0.3 is 11.9 Å². The Labute approximate surface area is 650 Å². The molecule has 0 spiro atoms.